The molecule has 0 amide bonds. The zero-order chi connectivity index (χ0) is 16.4. The Hall–Kier alpha value is -2.61. The molecule has 0 spiro atoms. The maximum atomic E-state index is 11.9. The van der Waals surface area contributed by atoms with E-state index in [4.69, 9.17) is 11.6 Å². The van der Waals surface area contributed by atoms with E-state index in [1.54, 1.807) is 6.92 Å². The van der Waals surface area contributed by atoms with Crippen molar-refractivity contribution in [3.63, 3.8) is 0 Å². The molecule has 8 nitrogen and oxygen atoms in total. The molecule has 4 N–H and O–H groups in total. The van der Waals surface area contributed by atoms with Gasteiger partial charge in [-0.2, -0.15) is 4.68 Å². The fourth-order valence-corrected chi connectivity index (χ4v) is 2.68. The van der Waals surface area contributed by atoms with Gasteiger partial charge < -0.3 is 16.5 Å². The van der Waals surface area contributed by atoms with Gasteiger partial charge in [0.2, 0.25) is 5.95 Å². The van der Waals surface area contributed by atoms with Crippen LogP contribution in [0.15, 0.2) is 29.1 Å². The zero-order valence-electron chi connectivity index (χ0n) is 13.1. The molecule has 1 aliphatic heterocycles. The van der Waals surface area contributed by atoms with Gasteiger partial charge in [-0.1, -0.05) is 12.1 Å². The second-order valence-electron chi connectivity index (χ2n) is 5.77. The predicted octanol–water partition coefficient (Wildman–Crippen LogP) is -0.435. The fraction of sp³-hybridized carbons (Fsp3) is 0.400. The van der Waals surface area contributed by atoms with Gasteiger partial charge in [0.05, 0.1) is 0 Å². The Morgan fingerprint density at radius 3 is 2.39 bits per heavy atom. The van der Waals surface area contributed by atoms with Crippen molar-refractivity contribution < 1.29 is 0 Å². The molecule has 0 unspecified atom stereocenters. The fourth-order valence-electron chi connectivity index (χ4n) is 2.68. The molecule has 3 rings (SSSR count). The van der Waals surface area contributed by atoms with Crippen molar-refractivity contribution in [3.8, 4) is 0 Å². The van der Waals surface area contributed by atoms with Crippen LogP contribution in [0.25, 0.3) is 0 Å². The van der Waals surface area contributed by atoms with Crippen LogP contribution in [-0.2, 0) is 6.54 Å². The predicted molar refractivity (Wildman–Crippen MR) is 89.5 cm³/mol. The third-order valence-corrected chi connectivity index (χ3v) is 4.07. The van der Waals surface area contributed by atoms with E-state index in [2.05, 4.69) is 15.1 Å². The summed E-state index contributed by atoms with van der Waals surface area (Å²) in [6, 6.07) is 7.93. The van der Waals surface area contributed by atoms with Crippen LogP contribution in [0.5, 0.6) is 0 Å². The Balaban J connectivity index is 1.63. The standard InChI is InChI=1S/C15H21N7O/c1-11-14(23)22(17)15(19-18-11)21-8-6-20(7-9-21)10-12-2-4-13(16)5-3-12/h2-5H,6-10,16-17H2,1H3. The third kappa shape index (κ3) is 3.26. The van der Waals surface area contributed by atoms with Crippen molar-refractivity contribution in [3.05, 3.63) is 45.9 Å². The molecule has 1 fully saturated rings. The summed E-state index contributed by atoms with van der Waals surface area (Å²) < 4.78 is 1.08. The Morgan fingerprint density at radius 2 is 1.74 bits per heavy atom. The minimum Gasteiger partial charge on any atom is -0.399 e. The van der Waals surface area contributed by atoms with Crippen LogP contribution >= 0.6 is 0 Å². The first-order valence-corrected chi connectivity index (χ1v) is 7.58. The zero-order valence-corrected chi connectivity index (χ0v) is 13.1. The smallest absolute Gasteiger partial charge is 0.295 e. The van der Waals surface area contributed by atoms with Crippen LogP contribution in [0, 0.1) is 6.92 Å². The SMILES string of the molecule is Cc1nnc(N2CCN(Cc3ccc(N)cc3)CC2)n(N)c1=O. The lowest BCUT2D eigenvalue weighted by atomic mass is 10.2. The Kier molecular flexibility index (Phi) is 4.16. The summed E-state index contributed by atoms with van der Waals surface area (Å²) >= 11 is 0. The minimum absolute atomic E-state index is 0.304. The number of benzene rings is 1. The number of hydrogen-bond donors (Lipinski definition) is 2. The highest BCUT2D eigenvalue weighted by Gasteiger charge is 2.21. The summed E-state index contributed by atoms with van der Waals surface area (Å²) in [6.45, 7) is 5.73. The molecule has 1 saturated heterocycles. The Labute approximate surface area is 134 Å². The molecular formula is C15H21N7O. The first-order valence-electron chi connectivity index (χ1n) is 7.58. The highest BCUT2D eigenvalue weighted by molar-refractivity contribution is 5.39. The summed E-state index contributed by atoms with van der Waals surface area (Å²) in [5.41, 5.74) is 7.71. The molecule has 2 heterocycles. The Bertz CT molecular complexity index is 732. The van der Waals surface area contributed by atoms with Gasteiger partial charge in [-0.25, -0.2) is 0 Å². The molecule has 0 atom stereocenters. The number of piperazine rings is 1. The van der Waals surface area contributed by atoms with Crippen molar-refractivity contribution in [2.75, 3.05) is 42.7 Å². The van der Waals surface area contributed by atoms with Crippen LogP contribution in [0.3, 0.4) is 0 Å². The van der Waals surface area contributed by atoms with Gasteiger partial charge >= 0.3 is 0 Å². The number of nitrogens with zero attached hydrogens (tertiary/aromatic N) is 5. The van der Waals surface area contributed by atoms with Crippen LogP contribution in [0.4, 0.5) is 11.6 Å². The second-order valence-corrected chi connectivity index (χ2v) is 5.77. The molecule has 8 heteroatoms. The highest BCUT2D eigenvalue weighted by Crippen LogP contribution is 2.13. The first kappa shape index (κ1) is 15.3. The maximum Gasteiger partial charge on any atom is 0.295 e. The quantitative estimate of drug-likeness (QED) is 0.584. The largest absolute Gasteiger partial charge is 0.399 e. The molecule has 0 saturated carbocycles. The highest BCUT2D eigenvalue weighted by atomic mass is 16.1. The molecule has 1 aromatic carbocycles. The van der Waals surface area contributed by atoms with Gasteiger partial charge in [0.25, 0.3) is 5.56 Å². The lowest BCUT2D eigenvalue weighted by Gasteiger charge is -2.35. The number of hydrogen-bond acceptors (Lipinski definition) is 7. The molecule has 1 aromatic heterocycles. The number of aromatic nitrogens is 3. The van der Waals surface area contributed by atoms with Gasteiger partial charge in [-0.3, -0.25) is 9.69 Å². The molecule has 0 bridgehead atoms. The van der Waals surface area contributed by atoms with E-state index in [1.165, 1.54) is 5.56 Å². The van der Waals surface area contributed by atoms with Gasteiger partial charge in [0.15, 0.2) is 0 Å². The molecule has 122 valence electrons. The lowest BCUT2D eigenvalue weighted by molar-refractivity contribution is 0.248. The van der Waals surface area contributed by atoms with E-state index in [1.807, 2.05) is 29.2 Å². The van der Waals surface area contributed by atoms with Crippen molar-refractivity contribution >= 4 is 11.6 Å². The van der Waals surface area contributed by atoms with Gasteiger partial charge in [-0.15, -0.1) is 10.2 Å². The number of nitrogen functional groups attached to an aromatic ring is 2. The van der Waals surface area contributed by atoms with Crippen LogP contribution < -0.4 is 22.0 Å². The number of rotatable bonds is 3. The van der Waals surface area contributed by atoms with Crippen molar-refractivity contribution in [1.82, 2.24) is 19.8 Å². The molecule has 2 aromatic rings. The van der Waals surface area contributed by atoms with E-state index in [-0.39, 0.29) is 5.56 Å². The van der Waals surface area contributed by atoms with E-state index >= 15 is 0 Å². The van der Waals surface area contributed by atoms with Crippen LogP contribution in [0.1, 0.15) is 11.3 Å². The van der Waals surface area contributed by atoms with Gasteiger partial charge in [0.1, 0.15) is 5.69 Å². The van der Waals surface area contributed by atoms with E-state index in [0.717, 1.165) is 43.1 Å². The number of anilines is 2. The van der Waals surface area contributed by atoms with Gasteiger partial charge in [0, 0.05) is 38.4 Å². The normalized spacial score (nSPS) is 15.8. The van der Waals surface area contributed by atoms with E-state index < -0.39 is 0 Å². The lowest BCUT2D eigenvalue weighted by Crippen LogP contribution is -2.49. The average molecular weight is 315 g/mol. The van der Waals surface area contributed by atoms with Crippen molar-refractivity contribution in [1.29, 1.82) is 0 Å². The van der Waals surface area contributed by atoms with Crippen molar-refractivity contribution in [2.24, 2.45) is 0 Å². The van der Waals surface area contributed by atoms with E-state index in [0.29, 0.717) is 11.6 Å². The molecular weight excluding hydrogens is 294 g/mol. The number of nitrogens with two attached hydrogens (primary N) is 2. The van der Waals surface area contributed by atoms with Crippen LogP contribution in [0.2, 0.25) is 0 Å². The summed E-state index contributed by atoms with van der Waals surface area (Å²) in [5, 5.41) is 7.94. The summed E-state index contributed by atoms with van der Waals surface area (Å²) in [5.74, 6) is 6.25. The van der Waals surface area contributed by atoms with Gasteiger partial charge in [-0.05, 0) is 24.6 Å². The average Bonchev–Trinajstić information content (AvgIpc) is 2.56. The van der Waals surface area contributed by atoms with Crippen molar-refractivity contribution in [2.45, 2.75) is 13.5 Å². The third-order valence-electron chi connectivity index (χ3n) is 4.07. The Morgan fingerprint density at radius 1 is 1.09 bits per heavy atom. The second kappa shape index (κ2) is 6.25. The molecule has 0 aliphatic carbocycles. The molecule has 23 heavy (non-hydrogen) atoms. The topological polar surface area (TPSA) is 106 Å². The first-order chi connectivity index (χ1) is 11.0. The molecule has 0 radical (unpaired) electrons. The summed E-state index contributed by atoms with van der Waals surface area (Å²) in [4.78, 5) is 16.2. The monoisotopic (exact) mass is 315 g/mol. The maximum absolute atomic E-state index is 11.9. The van der Waals surface area contributed by atoms with E-state index in [9.17, 15) is 4.79 Å². The number of aryl methyl sites for hydroxylation is 1. The molecule has 1 aliphatic rings. The summed E-state index contributed by atoms with van der Waals surface area (Å²) in [7, 11) is 0. The minimum atomic E-state index is -0.306. The van der Waals surface area contributed by atoms with Crippen LogP contribution in [-0.4, -0.2) is 46.0 Å². The summed E-state index contributed by atoms with van der Waals surface area (Å²) in [6.07, 6.45) is 0.